The molecule has 1 aliphatic rings. The lowest BCUT2D eigenvalue weighted by atomic mass is 10.0. The molecule has 0 aromatic heterocycles. The van der Waals surface area contributed by atoms with E-state index in [0.29, 0.717) is 18.7 Å². The normalized spacial score (nSPS) is 15.6. The lowest BCUT2D eigenvalue weighted by molar-refractivity contribution is -0.135. The molecule has 0 spiro atoms. The first-order valence-corrected chi connectivity index (χ1v) is 9.26. The van der Waals surface area contributed by atoms with Crippen LogP contribution in [0.2, 0.25) is 0 Å². The highest BCUT2D eigenvalue weighted by molar-refractivity contribution is 6.02. The molecule has 2 aromatic carbocycles. The Kier molecular flexibility index (Phi) is 6.06. The van der Waals surface area contributed by atoms with E-state index in [0.717, 1.165) is 41.3 Å². The van der Waals surface area contributed by atoms with Gasteiger partial charge >= 0.3 is 0 Å². The number of benzene rings is 2. The molecule has 1 N–H and O–H groups in total. The van der Waals surface area contributed by atoms with Gasteiger partial charge in [0.05, 0.1) is 12.8 Å². The fraction of sp³-hybridized carbons (Fsp3) is 0.381. The summed E-state index contributed by atoms with van der Waals surface area (Å²) in [4.78, 5) is 25.8. The predicted octanol–water partition coefficient (Wildman–Crippen LogP) is 3.09. The minimum atomic E-state index is -0.268. The summed E-state index contributed by atoms with van der Waals surface area (Å²) in [6.45, 7) is 2.55. The van der Waals surface area contributed by atoms with Crippen molar-refractivity contribution in [1.82, 2.24) is 10.3 Å². The van der Waals surface area contributed by atoms with Crippen molar-refractivity contribution in [3.8, 4) is 5.75 Å². The number of nitrogens with zero attached hydrogens (tertiary/aromatic N) is 2. The van der Waals surface area contributed by atoms with Crippen LogP contribution in [0.3, 0.4) is 0 Å². The first-order chi connectivity index (χ1) is 13.1. The van der Waals surface area contributed by atoms with Gasteiger partial charge in [-0.15, -0.1) is 0 Å². The Morgan fingerprint density at radius 2 is 1.93 bits per heavy atom. The molecule has 1 aliphatic heterocycles. The van der Waals surface area contributed by atoms with Crippen LogP contribution in [0.1, 0.15) is 38.2 Å². The molecule has 1 fully saturated rings. The largest absolute Gasteiger partial charge is 0.497 e. The summed E-state index contributed by atoms with van der Waals surface area (Å²) < 4.78 is 5.24. The van der Waals surface area contributed by atoms with Crippen molar-refractivity contribution in [2.24, 2.45) is 5.10 Å². The second-order valence-corrected chi connectivity index (χ2v) is 6.79. The average Bonchev–Trinajstić information content (AvgIpc) is 2.89. The van der Waals surface area contributed by atoms with Crippen molar-refractivity contribution < 1.29 is 14.3 Å². The lowest BCUT2D eigenvalue weighted by Crippen LogP contribution is -2.39. The Morgan fingerprint density at radius 3 is 2.74 bits per heavy atom. The van der Waals surface area contributed by atoms with E-state index in [1.807, 2.05) is 43.3 Å². The Bertz CT molecular complexity index is 876. The number of ether oxygens (including phenoxy) is 1. The van der Waals surface area contributed by atoms with Crippen LogP contribution < -0.4 is 10.2 Å². The number of nitrogens with one attached hydrogen (secondary N) is 1. The molecule has 27 heavy (non-hydrogen) atoms. The summed E-state index contributed by atoms with van der Waals surface area (Å²) in [6.07, 6.45) is 3.41. The summed E-state index contributed by atoms with van der Waals surface area (Å²) in [6, 6.07) is 11.9. The molecule has 2 amide bonds. The van der Waals surface area contributed by atoms with E-state index in [9.17, 15) is 9.59 Å². The number of carbonyl (C=O) groups excluding carboxylic acids is 2. The SMILES string of the molecule is COc1ccc2cc(/C(C)=N\NC(=O)CN3CCCCCC3=O)ccc2c1. The van der Waals surface area contributed by atoms with Gasteiger partial charge in [-0.3, -0.25) is 9.59 Å². The first kappa shape index (κ1) is 18.9. The van der Waals surface area contributed by atoms with Gasteiger partial charge in [0.15, 0.2) is 0 Å². The molecule has 1 heterocycles. The lowest BCUT2D eigenvalue weighted by Gasteiger charge is -2.19. The molecule has 3 rings (SSSR count). The zero-order chi connectivity index (χ0) is 19.2. The van der Waals surface area contributed by atoms with E-state index < -0.39 is 0 Å². The molecule has 2 aromatic rings. The first-order valence-electron chi connectivity index (χ1n) is 9.26. The Hall–Kier alpha value is -2.89. The highest BCUT2D eigenvalue weighted by atomic mass is 16.5. The summed E-state index contributed by atoms with van der Waals surface area (Å²) in [5, 5.41) is 6.36. The van der Waals surface area contributed by atoms with Gasteiger partial charge in [0.25, 0.3) is 5.91 Å². The second-order valence-electron chi connectivity index (χ2n) is 6.79. The van der Waals surface area contributed by atoms with Crippen LogP contribution in [0.15, 0.2) is 41.5 Å². The smallest absolute Gasteiger partial charge is 0.259 e. The van der Waals surface area contributed by atoms with Crippen molar-refractivity contribution in [3.63, 3.8) is 0 Å². The highest BCUT2D eigenvalue weighted by Crippen LogP contribution is 2.22. The molecule has 6 heteroatoms. The minimum Gasteiger partial charge on any atom is -0.497 e. The Balaban J connectivity index is 1.65. The van der Waals surface area contributed by atoms with Crippen LogP contribution in [0.4, 0.5) is 0 Å². The van der Waals surface area contributed by atoms with Crippen molar-refractivity contribution in [3.05, 3.63) is 42.0 Å². The second kappa shape index (κ2) is 8.66. The predicted molar refractivity (Wildman–Crippen MR) is 106 cm³/mol. The fourth-order valence-corrected chi connectivity index (χ4v) is 3.20. The number of carbonyl (C=O) groups is 2. The van der Waals surface area contributed by atoms with E-state index in [1.54, 1.807) is 12.0 Å². The zero-order valence-electron chi connectivity index (χ0n) is 15.8. The van der Waals surface area contributed by atoms with Crippen LogP contribution in [0, 0.1) is 0 Å². The number of fused-ring (bicyclic) bond motifs is 1. The number of methoxy groups -OCH3 is 1. The summed E-state index contributed by atoms with van der Waals surface area (Å²) >= 11 is 0. The van der Waals surface area contributed by atoms with E-state index in [4.69, 9.17) is 4.74 Å². The summed E-state index contributed by atoms with van der Waals surface area (Å²) in [5.41, 5.74) is 4.21. The van der Waals surface area contributed by atoms with E-state index in [-0.39, 0.29) is 18.4 Å². The van der Waals surface area contributed by atoms with Crippen molar-refractivity contribution >= 4 is 28.3 Å². The van der Waals surface area contributed by atoms with Crippen molar-refractivity contribution in [1.29, 1.82) is 0 Å². The molecule has 1 saturated heterocycles. The molecule has 0 saturated carbocycles. The molecular formula is C21H25N3O3. The van der Waals surface area contributed by atoms with Crippen molar-refractivity contribution in [2.45, 2.75) is 32.6 Å². The monoisotopic (exact) mass is 367 g/mol. The van der Waals surface area contributed by atoms with Gasteiger partial charge < -0.3 is 9.64 Å². The minimum absolute atomic E-state index is 0.0494. The third-order valence-corrected chi connectivity index (χ3v) is 4.82. The van der Waals surface area contributed by atoms with Gasteiger partial charge in [-0.2, -0.15) is 5.10 Å². The number of hydrazone groups is 1. The maximum Gasteiger partial charge on any atom is 0.259 e. The van der Waals surface area contributed by atoms with Crippen molar-refractivity contribution in [2.75, 3.05) is 20.2 Å². The van der Waals surface area contributed by atoms with Gasteiger partial charge in [-0.25, -0.2) is 5.43 Å². The molecule has 0 atom stereocenters. The highest BCUT2D eigenvalue weighted by Gasteiger charge is 2.18. The molecule has 0 aliphatic carbocycles. The number of likely N-dealkylation sites (tertiary alicyclic amines) is 1. The van der Waals surface area contributed by atoms with Crippen LogP contribution in [0.25, 0.3) is 10.8 Å². The fourth-order valence-electron chi connectivity index (χ4n) is 3.20. The quantitative estimate of drug-likeness (QED) is 0.652. The molecule has 0 radical (unpaired) electrons. The number of hydrogen-bond donors (Lipinski definition) is 1. The van der Waals surface area contributed by atoms with Gasteiger partial charge in [0, 0.05) is 13.0 Å². The number of hydrogen-bond acceptors (Lipinski definition) is 4. The van der Waals surface area contributed by atoms with Crippen LogP contribution in [0.5, 0.6) is 5.75 Å². The third kappa shape index (κ3) is 4.84. The van der Waals surface area contributed by atoms with Gasteiger partial charge in [-0.1, -0.05) is 24.6 Å². The average molecular weight is 367 g/mol. The van der Waals surface area contributed by atoms with Gasteiger partial charge in [0.1, 0.15) is 12.3 Å². The zero-order valence-corrected chi connectivity index (χ0v) is 15.8. The topological polar surface area (TPSA) is 71.0 Å². The third-order valence-electron chi connectivity index (χ3n) is 4.82. The van der Waals surface area contributed by atoms with E-state index >= 15 is 0 Å². The number of amides is 2. The standard InChI is InChI=1S/C21H25N3O3/c1-15(16-7-8-18-13-19(27-2)10-9-17(18)12-16)22-23-20(25)14-24-11-5-3-4-6-21(24)26/h7-10,12-13H,3-6,11,14H2,1-2H3,(H,23,25)/b22-15-. The Labute approximate surface area is 159 Å². The summed E-state index contributed by atoms with van der Waals surface area (Å²) in [5.74, 6) is 0.597. The summed E-state index contributed by atoms with van der Waals surface area (Å²) in [7, 11) is 1.65. The van der Waals surface area contributed by atoms with Crippen LogP contribution in [-0.4, -0.2) is 42.6 Å². The molecule has 6 nitrogen and oxygen atoms in total. The molecular weight excluding hydrogens is 342 g/mol. The van der Waals surface area contributed by atoms with Crippen LogP contribution >= 0.6 is 0 Å². The van der Waals surface area contributed by atoms with E-state index in [1.165, 1.54) is 0 Å². The molecule has 142 valence electrons. The maximum atomic E-state index is 12.2. The maximum absolute atomic E-state index is 12.2. The van der Waals surface area contributed by atoms with Gasteiger partial charge in [0.2, 0.25) is 5.91 Å². The molecule has 0 unspecified atom stereocenters. The number of rotatable bonds is 5. The van der Waals surface area contributed by atoms with Crippen LogP contribution in [-0.2, 0) is 9.59 Å². The van der Waals surface area contributed by atoms with E-state index in [2.05, 4.69) is 10.5 Å². The molecule has 0 bridgehead atoms. The van der Waals surface area contributed by atoms with Gasteiger partial charge in [-0.05, 0) is 54.3 Å². The Morgan fingerprint density at radius 1 is 1.15 bits per heavy atom.